The van der Waals surface area contributed by atoms with E-state index in [1.54, 1.807) is 0 Å². The second-order valence-electron chi connectivity index (χ2n) is 6.88. The third-order valence-corrected chi connectivity index (χ3v) is 4.03. The maximum absolute atomic E-state index is 13.7. The highest BCUT2D eigenvalue weighted by molar-refractivity contribution is 5.87. The van der Waals surface area contributed by atoms with E-state index >= 15 is 0 Å². The predicted octanol–water partition coefficient (Wildman–Crippen LogP) is 6.31. The van der Waals surface area contributed by atoms with Crippen LogP contribution < -0.4 is 9.47 Å². The number of benzene rings is 2. The van der Waals surface area contributed by atoms with Crippen LogP contribution in [0.5, 0.6) is 11.5 Å². The maximum atomic E-state index is 13.7. The van der Waals surface area contributed by atoms with Crippen LogP contribution >= 0.6 is 0 Å². The fourth-order valence-electron chi connectivity index (χ4n) is 2.39. The lowest BCUT2D eigenvalue weighted by atomic mass is 9.99. The largest absolute Gasteiger partial charge is 0.462 e. The van der Waals surface area contributed by atoms with E-state index in [9.17, 15) is 22.8 Å². The van der Waals surface area contributed by atoms with Crippen molar-refractivity contribution in [1.82, 2.24) is 0 Å². The molecule has 2 aromatic rings. The van der Waals surface area contributed by atoms with Crippen molar-refractivity contribution in [2.24, 2.45) is 0 Å². The van der Waals surface area contributed by atoms with Gasteiger partial charge >= 0.3 is 18.1 Å². The van der Waals surface area contributed by atoms with E-state index in [0.29, 0.717) is 5.75 Å². The molecule has 34 heavy (non-hydrogen) atoms. The summed E-state index contributed by atoms with van der Waals surface area (Å²) in [5, 5.41) is 0. The highest BCUT2D eigenvalue weighted by Crippen LogP contribution is 2.39. The smallest absolute Gasteiger partial charge is 0.417 e. The topological polar surface area (TPSA) is 71.1 Å². The summed E-state index contributed by atoms with van der Waals surface area (Å²) in [7, 11) is 0. The van der Waals surface area contributed by atoms with E-state index in [-0.39, 0.29) is 28.0 Å². The summed E-state index contributed by atoms with van der Waals surface area (Å²) in [6.07, 6.45) is -0.659. The van der Waals surface area contributed by atoms with E-state index in [1.165, 1.54) is 50.2 Å². The molecule has 0 atom stereocenters. The molecule has 0 N–H and O–H groups in total. The standard InChI is InChI=1S/C25H21F3O6/c1-16(2)23(29)33-13-11-31-19-7-5-18(6-8-19)21-10-9-20(15-22(21)25(26,27)28)32-12-14-34-24(30)17(3)4/h5-15H,1,3H2,2,4H3/b13-11-,14-12-. The zero-order valence-electron chi connectivity index (χ0n) is 18.3. The summed E-state index contributed by atoms with van der Waals surface area (Å²) in [4.78, 5) is 22.5. The molecule has 0 bridgehead atoms. The maximum Gasteiger partial charge on any atom is 0.417 e. The molecule has 0 unspecified atom stereocenters. The third kappa shape index (κ3) is 7.70. The van der Waals surface area contributed by atoms with Crippen molar-refractivity contribution in [2.45, 2.75) is 20.0 Å². The number of halogens is 3. The predicted molar refractivity (Wildman–Crippen MR) is 118 cm³/mol. The van der Waals surface area contributed by atoms with Crippen molar-refractivity contribution in [2.75, 3.05) is 0 Å². The van der Waals surface area contributed by atoms with Gasteiger partial charge in [-0.1, -0.05) is 31.4 Å². The van der Waals surface area contributed by atoms with E-state index in [0.717, 1.165) is 31.1 Å². The molecule has 0 aromatic heterocycles. The van der Waals surface area contributed by atoms with E-state index in [1.807, 2.05) is 0 Å². The minimum atomic E-state index is -4.66. The SMILES string of the molecule is C=C(C)C(=O)O/C=C\Oc1ccc(-c2ccc(O/C=C\OC(=O)C(=C)C)cc2C(F)(F)F)cc1. The highest BCUT2D eigenvalue weighted by Gasteiger charge is 2.34. The first-order valence-corrected chi connectivity index (χ1v) is 9.67. The Morgan fingerprint density at radius 1 is 0.765 bits per heavy atom. The first-order chi connectivity index (χ1) is 16.0. The molecule has 178 valence electrons. The molecule has 0 heterocycles. The van der Waals surface area contributed by atoms with Crippen LogP contribution in [0.15, 0.2) is 91.8 Å². The zero-order valence-corrected chi connectivity index (χ0v) is 18.3. The number of carbonyl (C=O) groups excluding carboxylic acids is 2. The first kappa shape index (κ1) is 26.0. The number of carbonyl (C=O) groups is 2. The molecule has 0 aliphatic carbocycles. The summed E-state index contributed by atoms with van der Waals surface area (Å²) in [5.74, 6) is -1.10. The van der Waals surface area contributed by atoms with E-state index in [2.05, 4.69) is 17.9 Å². The number of rotatable bonds is 9. The lowest BCUT2D eigenvalue weighted by Gasteiger charge is -2.15. The number of ether oxygens (including phenoxy) is 4. The van der Waals surface area contributed by atoms with Crippen molar-refractivity contribution < 1.29 is 41.7 Å². The lowest BCUT2D eigenvalue weighted by molar-refractivity contribution is -0.137. The van der Waals surface area contributed by atoms with Crippen LogP contribution in [0.25, 0.3) is 11.1 Å². The van der Waals surface area contributed by atoms with Gasteiger partial charge in [0.2, 0.25) is 0 Å². The van der Waals surface area contributed by atoms with E-state index < -0.39 is 23.7 Å². The molecule has 0 fully saturated rings. The molecule has 0 saturated carbocycles. The average Bonchev–Trinajstić information content (AvgIpc) is 2.78. The molecule has 0 saturated heterocycles. The zero-order chi connectivity index (χ0) is 25.3. The lowest BCUT2D eigenvalue weighted by Crippen LogP contribution is -2.07. The molecule has 6 nitrogen and oxygen atoms in total. The van der Waals surface area contributed by atoms with Crippen LogP contribution in [0.4, 0.5) is 13.2 Å². The van der Waals surface area contributed by atoms with Crippen molar-refractivity contribution >= 4 is 11.9 Å². The van der Waals surface area contributed by atoms with Gasteiger partial charge in [-0.25, -0.2) is 9.59 Å². The average molecular weight is 474 g/mol. The second-order valence-corrected chi connectivity index (χ2v) is 6.88. The van der Waals surface area contributed by atoms with Crippen molar-refractivity contribution in [3.05, 3.63) is 97.4 Å². The Hall–Kier alpha value is -4.27. The Kier molecular flexibility index (Phi) is 8.83. The summed E-state index contributed by atoms with van der Waals surface area (Å²) >= 11 is 0. The third-order valence-electron chi connectivity index (χ3n) is 4.03. The number of hydrogen-bond donors (Lipinski definition) is 0. The second kappa shape index (κ2) is 11.6. The molecule has 0 aliphatic rings. The summed E-state index contributed by atoms with van der Waals surface area (Å²) in [5.41, 5.74) is -0.331. The van der Waals surface area contributed by atoms with Gasteiger partial charge in [-0.3, -0.25) is 0 Å². The highest BCUT2D eigenvalue weighted by atomic mass is 19.4. The van der Waals surface area contributed by atoms with Crippen LogP contribution in [0.1, 0.15) is 19.4 Å². The van der Waals surface area contributed by atoms with Crippen LogP contribution in [-0.4, -0.2) is 11.9 Å². The quantitative estimate of drug-likeness (QED) is 0.241. The Morgan fingerprint density at radius 2 is 1.24 bits per heavy atom. The Labute approximate surface area is 194 Å². The monoisotopic (exact) mass is 474 g/mol. The molecular formula is C25H21F3O6. The number of esters is 2. The van der Waals surface area contributed by atoms with Gasteiger partial charge in [0.25, 0.3) is 0 Å². The van der Waals surface area contributed by atoms with E-state index in [4.69, 9.17) is 14.2 Å². The van der Waals surface area contributed by atoms with Crippen LogP contribution in [0.3, 0.4) is 0 Å². The number of hydrogen-bond acceptors (Lipinski definition) is 6. The van der Waals surface area contributed by atoms with Crippen LogP contribution in [-0.2, 0) is 25.2 Å². The van der Waals surface area contributed by atoms with Gasteiger partial charge in [0.1, 0.15) is 36.5 Å². The molecule has 2 rings (SSSR count). The Morgan fingerprint density at radius 3 is 1.71 bits per heavy atom. The fraction of sp³-hybridized carbons (Fsp3) is 0.120. The fourth-order valence-corrected chi connectivity index (χ4v) is 2.39. The number of alkyl halides is 3. The van der Waals surface area contributed by atoms with Gasteiger partial charge in [-0.05, 0) is 49.2 Å². The molecule has 0 spiro atoms. The molecule has 9 heteroatoms. The summed E-state index contributed by atoms with van der Waals surface area (Å²) < 4.78 is 60.8. The molecule has 0 radical (unpaired) electrons. The van der Waals surface area contributed by atoms with Gasteiger partial charge in [0, 0.05) is 11.1 Å². The van der Waals surface area contributed by atoms with Crippen molar-refractivity contribution in [1.29, 1.82) is 0 Å². The van der Waals surface area contributed by atoms with Gasteiger partial charge in [0.05, 0.1) is 5.56 Å². The molecule has 0 amide bonds. The van der Waals surface area contributed by atoms with Crippen molar-refractivity contribution in [3.63, 3.8) is 0 Å². The molecule has 0 aliphatic heterocycles. The summed E-state index contributed by atoms with van der Waals surface area (Å²) in [6.45, 7) is 9.76. The first-order valence-electron chi connectivity index (χ1n) is 9.67. The van der Waals surface area contributed by atoms with Gasteiger partial charge < -0.3 is 18.9 Å². The Bertz CT molecular complexity index is 1130. The van der Waals surface area contributed by atoms with Crippen molar-refractivity contribution in [3.8, 4) is 22.6 Å². The molecule has 2 aromatic carbocycles. The molecular weight excluding hydrogens is 453 g/mol. The van der Waals surface area contributed by atoms with Gasteiger partial charge in [0.15, 0.2) is 0 Å². The Balaban J connectivity index is 2.14. The van der Waals surface area contributed by atoms with Gasteiger partial charge in [-0.2, -0.15) is 13.2 Å². The normalized spacial score (nSPS) is 11.3. The summed E-state index contributed by atoms with van der Waals surface area (Å²) in [6, 6.07) is 9.27. The van der Waals surface area contributed by atoms with Gasteiger partial charge in [-0.15, -0.1) is 0 Å². The van der Waals surface area contributed by atoms with Crippen LogP contribution in [0.2, 0.25) is 0 Å². The van der Waals surface area contributed by atoms with Crippen LogP contribution in [0, 0.1) is 0 Å². The minimum absolute atomic E-state index is 0.0741. The minimum Gasteiger partial charge on any atom is -0.462 e.